The average Bonchev–Trinajstić information content (AvgIpc) is 2.26. The lowest BCUT2D eigenvalue weighted by molar-refractivity contribution is 0.148. The van der Waals surface area contributed by atoms with Crippen molar-refractivity contribution in [3.63, 3.8) is 0 Å². The Morgan fingerprint density at radius 2 is 2.14 bits per heavy atom. The molecule has 1 nitrogen and oxygen atoms in total. The Hall–Kier alpha value is 0.440. The van der Waals surface area contributed by atoms with Gasteiger partial charge in [0.2, 0.25) is 0 Å². The zero-order chi connectivity index (χ0) is 10.1. The first kappa shape index (κ1) is 10.9. The Balaban J connectivity index is 1.78. The molecule has 1 aliphatic heterocycles. The van der Waals surface area contributed by atoms with Gasteiger partial charge in [-0.1, -0.05) is 42.1 Å². The van der Waals surface area contributed by atoms with Crippen molar-refractivity contribution in [1.29, 1.82) is 0 Å². The molecule has 82 valence electrons. The normalized spacial score (nSPS) is 37.1. The Bertz CT molecular complexity index is 191. The minimum atomic E-state index is 0.742. The third-order valence-corrected chi connectivity index (χ3v) is 4.79. The molecule has 0 aromatic carbocycles. The summed E-state index contributed by atoms with van der Waals surface area (Å²) in [6.07, 6.45) is 5.78. The van der Waals surface area contributed by atoms with Crippen LogP contribution in [-0.2, 0) is 0 Å². The first-order chi connectivity index (χ1) is 6.66. The monoisotopic (exact) mass is 259 g/mol. The van der Waals surface area contributed by atoms with Crippen LogP contribution in [0.2, 0.25) is 0 Å². The van der Waals surface area contributed by atoms with Gasteiger partial charge in [0.25, 0.3) is 0 Å². The topological polar surface area (TPSA) is 3.24 Å². The second-order valence-corrected chi connectivity index (χ2v) is 6.60. The van der Waals surface area contributed by atoms with Crippen molar-refractivity contribution >= 4 is 15.9 Å². The first-order valence-electron chi connectivity index (χ1n) is 6.05. The van der Waals surface area contributed by atoms with Crippen molar-refractivity contribution in [3.8, 4) is 0 Å². The van der Waals surface area contributed by atoms with Gasteiger partial charge < -0.3 is 0 Å². The highest BCUT2D eigenvalue weighted by Crippen LogP contribution is 2.35. The number of hydrogen-bond acceptors (Lipinski definition) is 1. The molecule has 0 radical (unpaired) electrons. The minimum absolute atomic E-state index is 0.742. The van der Waals surface area contributed by atoms with Gasteiger partial charge in [-0.15, -0.1) is 0 Å². The molecule has 14 heavy (non-hydrogen) atoms. The molecule has 0 spiro atoms. The van der Waals surface area contributed by atoms with Crippen LogP contribution in [-0.4, -0.2) is 28.9 Å². The molecule has 2 aliphatic rings. The summed E-state index contributed by atoms with van der Waals surface area (Å²) >= 11 is 3.74. The summed E-state index contributed by atoms with van der Waals surface area (Å²) in [6.45, 7) is 7.40. The number of hydrogen-bond donors (Lipinski definition) is 0. The number of likely N-dealkylation sites (tertiary alicyclic amines) is 1. The second-order valence-electron chi connectivity index (χ2n) is 5.30. The van der Waals surface area contributed by atoms with E-state index in [1.807, 2.05) is 0 Å². The van der Waals surface area contributed by atoms with Gasteiger partial charge in [-0.2, -0.15) is 0 Å². The smallest absolute Gasteiger partial charge is 0.0288 e. The van der Waals surface area contributed by atoms with Crippen molar-refractivity contribution in [1.82, 2.24) is 4.90 Å². The molecule has 1 heterocycles. The van der Waals surface area contributed by atoms with Crippen LogP contribution < -0.4 is 0 Å². The van der Waals surface area contributed by atoms with Crippen LogP contribution in [0, 0.1) is 11.8 Å². The molecule has 3 atom stereocenters. The van der Waals surface area contributed by atoms with E-state index in [4.69, 9.17) is 0 Å². The molecule has 2 fully saturated rings. The quantitative estimate of drug-likeness (QED) is 0.704. The molecular formula is C12H22BrN. The fraction of sp³-hybridized carbons (Fsp3) is 1.00. The van der Waals surface area contributed by atoms with Crippen molar-refractivity contribution in [2.24, 2.45) is 11.8 Å². The molecule has 2 heteroatoms. The van der Waals surface area contributed by atoms with Crippen LogP contribution in [0.4, 0.5) is 0 Å². The molecule has 3 unspecified atom stereocenters. The summed E-state index contributed by atoms with van der Waals surface area (Å²) in [5.74, 6) is 1.96. The van der Waals surface area contributed by atoms with Crippen LogP contribution in [0.3, 0.4) is 0 Å². The lowest BCUT2D eigenvalue weighted by Gasteiger charge is -2.35. The number of rotatable bonds is 3. The van der Waals surface area contributed by atoms with Crippen LogP contribution in [0.25, 0.3) is 0 Å². The van der Waals surface area contributed by atoms with E-state index < -0.39 is 0 Å². The highest BCUT2D eigenvalue weighted by molar-refractivity contribution is 9.09. The zero-order valence-electron chi connectivity index (χ0n) is 9.38. The average molecular weight is 260 g/mol. The fourth-order valence-electron chi connectivity index (χ4n) is 2.81. The molecule has 0 amide bonds. The molecule has 0 N–H and O–H groups in total. The SMILES string of the molecule is CC(CN1CC(Br)CC1C)C1CCC1. The maximum absolute atomic E-state index is 3.74. The molecular weight excluding hydrogens is 238 g/mol. The Labute approximate surface area is 96.4 Å². The summed E-state index contributed by atoms with van der Waals surface area (Å²) < 4.78 is 0. The van der Waals surface area contributed by atoms with E-state index in [0.717, 1.165) is 22.7 Å². The van der Waals surface area contributed by atoms with E-state index in [1.165, 1.54) is 38.8 Å². The fourth-order valence-corrected chi connectivity index (χ4v) is 3.72. The number of alkyl halides is 1. The third kappa shape index (κ3) is 2.33. The van der Waals surface area contributed by atoms with E-state index in [1.54, 1.807) is 0 Å². The van der Waals surface area contributed by atoms with E-state index in [-0.39, 0.29) is 0 Å². The van der Waals surface area contributed by atoms with Gasteiger partial charge in [0.1, 0.15) is 0 Å². The van der Waals surface area contributed by atoms with Crippen molar-refractivity contribution < 1.29 is 0 Å². The summed E-state index contributed by atoms with van der Waals surface area (Å²) in [4.78, 5) is 3.41. The molecule has 1 saturated carbocycles. The first-order valence-corrected chi connectivity index (χ1v) is 6.96. The van der Waals surface area contributed by atoms with Crippen molar-refractivity contribution in [2.45, 2.75) is 50.4 Å². The molecule has 2 rings (SSSR count). The maximum atomic E-state index is 3.74. The Kier molecular flexibility index (Phi) is 3.54. The van der Waals surface area contributed by atoms with Crippen LogP contribution in [0.15, 0.2) is 0 Å². The molecule has 0 aromatic rings. The van der Waals surface area contributed by atoms with Gasteiger partial charge in [-0.3, -0.25) is 4.90 Å². The van der Waals surface area contributed by atoms with Gasteiger partial charge in [-0.05, 0) is 25.2 Å². The maximum Gasteiger partial charge on any atom is 0.0288 e. The summed E-state index contributed by atoms with van der Waals surface area (Å²) in [7, 11) is 0. The third-order valence-electron chi connectivity index (χ3n) is 4.13. The van der Waals surface area contributed by atoms with Gasteiger partial charge in [0, 0.05) is 24.0 Å². The summed E-state index contributed by atoms with van der Waals surface area (Å²) in [6, 6.07) is 0.793. The predicted molar refractivity (Wildman–Crippen MR) is 64.9 cm³/mol. The Morgan fingerprint density at radius 1 is 1.43 bits per heavy atom. The number of halogens is 1. The van der Waals surface area contributed by atoms with Crippen molar-refractivity contribution in [2.75, 3.05) is 13.1 Å². The second kappa shape index (κ2) is 4.52. The highest BCUT2D eigenvalue weighted by Gasteiger charge is 2.31. The molecule has 1 saturated heterocycles. The standard InChI is InChI=1S/C12H22BrN/c1-9(11-4-3-5-11)7-14-8-12(13)6-10(14)2/h9-12H,3-8H2,1-2H3. The summed E-state index contributed by atoms with van der Waals surface area (Å²) in [5, 5.41) is 0. The van der Waals surface area contributed by atoms with Gasteiger partial charge in [0.15, 0.2) is 0 Å². The van der Waals surface area contributed by atoms with Crippen molar-refractivity contribution in [3.05, 3.63) is 0 Å². The van der Waals surface area contributed by atoms with Gasteiger partial charge in [0.05, 0.1) is 0 Å². The van der Waals surface area contributed by atoms with E-state index >= 15 is 0 Å². The molecule has 0 bridgehead atoms. The lowest BCUT2D eigenvalue weighted by Crippen LogP contribution is -2.35. The predicted octanol–water partition coefficient (Wildman–Crippen LogP) is 3.28. The van der Waals surface area contributed by atoms with E-state index in [0.29, 0.717) is 0 Å². The molecule has 1 aliphatic carbocycles. The van der Waals surface area contributed by atoms with Crippen LogP contribution >= 0.6 is 15.9 Å². The number of nitrogens with zero attached hydrogens (tertiary/aromatic N) is 1. The van der Waals surface area contributed by atoms with Crippen LogP contribution in [0.1, 0.15) is 39.5 Å². The van der Waals surface area contributed by atoms with Gasteiger partial charge >= 0.3 is 0 Å². The lowest BCUT2D eigenvalue weighted by atomic mass is 9.76. The van der Waals surface area contributed by atoms with Gasteiger partial charge in [-0.25, -0.2) is 0 Å². The van der Waals surface area contributed by atoms with E-state index in [2.05, 4.69) is 34.7 Å². The zero-order valence-corrected chi connectivity index (χ0v) is 11.0. The minimum Gasteiger partial charge on any atom is -0.299 e. The molecule has 0 aromatic heterocycles. The Morgan fingerprint density at radius 3 is 2.57 bits per heavy atom. The van der Waals surface area contributed by atoms with Crippen LogP contribution in [0.5, 0.6) is 0 Å². The van der Waals surface area contributed by atoms with E-state index in [9.17, 15) is 0 Å². The summed E-state index contributed by atoms with van der Waals surface area (Å²) in [5.41, 5.74) is 0. The highest BCUT2D eigenvalue weighted by atomic mass is 79.9. The largest absolute Gasteiger partial charge is 0.299 e.